The lowest BCUT2D eigenvalue weighted by Gasteiger charge is -2.06. The summed E-state index contributed by atoms with van der Waals surface area (Å²) in [4.78, 5) is 11.3. The first-order chi connectivity index (χ1) is 7.13. The van der Waals surface area contributed by atoms with E-state index in [1.54, 1.807) is 0 Å². The van der Waals surface area contributed by atoms with Crippen LogP contribution in [0.25, 0.3) is 0 Å². The standard InChI is InChI=1S/C10H9ClN2O2/c1-15-10(14)8-3-9(11)7(5-13)2-6(8)4-12/h2-3H,5,13H2,1H3. The van der Waals surface area contributed by atoms with Crippen molar-refractivity contribution in [2.45, 2.75) is 6.54 Å². The van der Waals surface area contributed by atoms with E-state index in [9.17, 15) is 4.79 Å². The number of nitriles is 1. The Morgan fingerprint density at radius 3 is 2.80 bits per heavy atom. The lowest BCUT2D eigenvalue weighted by atomic mass is 10.0. The predicted molar refractivity (Wildman–Crippen MR) is 55.4 cm³/mol. The van der Waals surface area contributed by atoms with Gasteiger partial charge in [0.15, 0.2) is 0 Å². The van der Waals surface area contributed by atoms with E-state index in [1.807, 2.05) is 6.07 Å². The second kappa shape index (κ2) is 4.78. The van der Waals surface area contributed by atoms with Gasteiger partial charge in [0.05, 0.1) is 18.2 Å². The number of halogens is 1. The molecule has 0 aromatic heterocycles. The Morgan fingerprint density at radius 1 is 1.67 bits per heavy atom. The molecule has 0 unspecified atom stereocenters. The molecular formula is C10H9ClN2O2. The molecule has 0 amide bonds. The molecule has 0 aliphatic carbocycles. The SMILES string of the molecule is COC(=O)c1cc(Cl)c(CN)cc1C#N. The molecule has 0 aliphatic heterocycles. The number of hydrogen-bond acceptors (Lipinski definition) is 4. The van der Waals surface area contributed by atoms with Crippen LogP contribution in [0, 0.1) is 11.3 Å². The van der Waals surface area contributed by atoms with Crippen LogP contribution in [-0.2, 0) is 11.3 Å². The first-order valence-corrected chi connectivity index (χ1v) is 4.52. The molecule has 1 aromatic rings. The third-order valence-electron chi connectivity index (χ3n) is 1.93. The minimum Gasteiger partial charge on any atom is -0.465 e. The number of rotatable bonds is 2. The summed E-state index contributed by atoms with van der Waals surface area (Å²) in [6.07, 6.45) is 0. The summed E-state index contributed by atoms with van der Waals surface area (Å²) < 4.78 is 4.53. The van der Waals surface area contributed by atoms with Crippen LogP contribution >= 0.6 is 11.6 Å². The second-order valence-electron chi connectivity index (χ2n) is 2.80. The first kappa shape index (κ1) is 11.5. The molecule has 0 bridgehead atoms. The summed E-state index contributed by atoms with van der Waals surface area (Å²) in [5.74, 6) is -0.586. The molecule has 0 saturated heterocycles. The fourth-order valence-electron chi connectivity index (χ4n) is 1.15. The van der Waals surface area contributed by atoms with E-state index in [0.29, 0.717) is 10.6 Å². The van der Waals surface area contributed by atoms with Crippen LogP contribution in [0.3, 0.4) is 0 Å². The van der Waals surface area contributed by atoms with E-state index < -0.39 is 5.97 Å². The minimum absolute atomic E-state index is 0.155. The van der Waals surface area contributed by atoms with Crippen LogP contribution in [0.5, 0.6) is 0 Å². The third-order valence-corrected chi connectivity index (χ3v) is 2.28. The van der Waals surface area contributed by atoms with Crippen molar-refractivity contribution < 1.29 is 9.53 Å². The quantitative estimate of drug-likeness (QED) is 0.772. The van der Waals surface area contributed by atoms with Crippen LogP contribution < -0.4 is 5.73 Å². The molecule has 78 valence electrons. The number of methoxy groups -OCH3 is 1. The molecular weight excluding hydrogens is 216 g/mol. The molecule has 0 radical (unpaired) electrons. The van der Waals surface area contributed by atoms with Crippen LogP contribution in [0.1, 0.15) is 21.5 Å². The zero-order valence-corrected chi connectivity index (χ0v) is 8.84. The topological polar surface area (TPSA) is 76.1 Å². The molecule has 0 aliphatic rings. The summed E-state index contributed by atoms with van der Waals surface area (Å²) in [7, 11) is 1.24. The molecule has 0 atom stereocenters. The maximum Gasteiger partial charge on any atom is 0.339 e. The monoisotopic (exact) mass is 224 g/mol. The number of ether oxygens (including phenoxy) is 1. The van der Waals surface area contributed by atoms with Crippen molar-refractivity contribution >= 4 is 17.6 Å². The van der Waals surface area contributed by atoms with Crippen molar-refractivity contribution in [3.05, 3.63) is 33.8 Å². The molecule has 0 saturated carbocycles. The highest BCUT2D eigenvalue weighted by molar-refractivity contribution is 6.31. The molecule has 4 nitrogen and oxygen atoms in total. The number of nitrogens with zero attached hydrogens (tertiary/aromatic N) is 1. The first-order valence-electron chi connectivity index (χ1n) is 4.15. The molecule has 15 heavy (non-hydrogen) atoms. The number of carbonyl (C=O) groups is 1. The normalized spacial score (nSPS) is 9.47. The van der Waals surface area contributed by atoms with Gasteiger partial charge in [-0.05, 0) is 17.7 Å². The van der Waals surface area contributed by atoms with Crippen molar-refractivity contribution in [2.75, 3.05) is 7.11 Å². The highest BCUT2D eigenvalue weighted by atomic mass is 35.5. The Hall–Kier alpha value is -1.57. The summed E-state index contributed by atoms with van der Waals surface area (Å²) >= 11 is 5.86. The fraction of sp³-hybridized carbons (Fsp3) is 0.200. The summed E-state index contributed by atoms with van der Waals surface area (Å²) in [6, 6.07) is 4.79. The van der Waals surface area contributed by atoms with Gasteiger partial charge in [-0.15, -0.1) is 0 Å². The summed E-state index contributed by atoms with van der Waals surface area (Å²) in [6.45, 7) is 0.217. The zero-order chi connectivity index (χ0) is 11.4. The van der Waals surface area contributed by atoms with Gasteiger partial charge in [0, 0.05) is 11.6 Å². The third kappa shape index (κ3) is 2.27. The maximum atomic E-state index is 11.3. The van der Waals surface area contributed by atoms with Crippen molar-refractivity contribution in [1.29, 1.82) is 5.26 Å². The molecule has 0 spiro atoms. The van der Waals surface area contributed by atoms with Gasteiger partial charge in [-0.1, -0.05) is 11.6 Å². The Morgan fingerprint density at radius 2 is 2.33 bits per heavy atom. The van der Waals surface area contributed by atoms with Crippen molar-refractivity contribution in [2.24, 2.45) is 5.73 Å². The van der Waals surface area contributed by atoms with Gasteiger partial charge in [-0.3, -0.25) is 0 Å². The number of benzene rings is 1. The highest BCUT2D eigenvalue weighted by Gasteiger charge is 2.14. The van der Waals surface area contributed by atoms with Crippen molar-refractivity contribution in [1.82, 2.24) is 0 Å². The molecule has 5 heteroatoms. The lowest BCUT2D eigenvalue weighted by Crippen LogP contribution is -2.06. The highest BCUT2D eigenvalue weighted by Crippen LogP contribution is 2.21. The van der Waals surface area contributed by atoms with Crippen LogP contribution in [0.2, 0.25) is 5.02 Å². The molecule has 1 rings (SSSR count). The number of nitrogens with two attached hydrogens (primary N) is 1. The van der Waals surface area contributed by atoms with Gasteiger partial charge in [0.1, 0.15) is 6.07 Å². The van der Waals surface area contributed by atoms with Crippen LogP contribution in [0.4, 0.5) is 0 Å². The Balaban J connectivity index is 3.35. The Kier molecular flexibility index (Phi) is 3.67. The maximum absolute atomic E-state index is 11.3. The zero-order valence-electron chi connectivity index (χ0n) is 8.08. The smallest absolute Gasteiger partial charge is 0.339 e. The molecule has 0 fully saturated rings. The number of carbonyl (C=O) groups excluding carboxylic acids is 1. The molecule has 1 aromatic carbocycles. The fourth-order valence-corrected chi connectivity index (χ4v) is 1.39. The second-order valence-corrected chi connectivity index (χ2v) is 3.20. The van der Waals surface area contributed by atoms with E-state index >= 15 is 0 Å². The van der Waals surface area contributed by atoms with E-state index in [0.717, 1.165) is 0 Å². The van der Waals surface area contributed by atoms with E-state index in [2.05, 4.69) is 4.74 Å². The summed E-state index contributed by atoms with van der Waals surface area (Å²) in [5, 5.41) is 9.19. The lowest BCUT2D eigenvalue weighted by molar-refractivity contribution is 0.0600. The van der Waals surface area contributed by atoms with E-state index in [4.69, 9.17) is 22.6 Å². The summed E-state index contributed by atoms with van der Waals surface area (Å²) in [5.41, 5.74) is 6.42. The predicted octanol–water partition coefficient (Wildman–Crippen LogP) is 1.46. The van der Waals surface area contributed by atoms with Gasteiger partial charge in [-0.2, -0.15) is 5.26 Å². The van der Waals surface area contributed by atoms with Crippen molar-refractivity contribution in [3.63, 3.8) is 0 Å². The average Bonchev–Trinajstić information content (AvgIpc) is 2.27. The van der Waals surface area contributed by atoms with Crippen LogP contribution in [0.15, 0.2) is 12.1 Å². The van der Waals surface area contributed by atoms with Crippen LogP contribution in [-0.4, -0.2) is 13.1 Å². The Labute approximate surface area is 92.2 Å². The van der Waals surface area contributed by atoms with Gasteiger partial charge in [0.25, 0.3) is 0 Å². The number of hydrogen-bond donors (Lipinski definition) is 1. The Bertz CT molecular complexity index is 438. The minimum atomic E-state index is -0.586. The molecule has 2 N–H and O–H groups in total. The van der Waals surface area contributed by atoms with Gasteiger partial charge in [0.2, 0.25) is 0 Å². The largest absolute Gasteiger partial charge is 0.465 e. The molecule has 0 heterocycles. The average molecular weight is 225 g/mol. The van der Waals surface area contributed by atoms with Gasteiger partial charge >= 0.3 is 5.97 Å². The number of esters is 1. The van der Waals surface area contributed by atoms with Crippen molar-refractivity contribution in [3.8, 4) is 6.07 Å². The van der Waals surface area contributed by atoms with Gasteiger partial charge in [-0.25, -0.2) is 4.79 Å². The van der Waals surface area contributed by atoms with Gasteiger partial charge < -0.3 is 10.5 Å². The van der Waals surface area contributed by atoms with E-state index in [1.165, 1.54) is 19.2 Å². The van der Waals surface area contributed by atoms with E-state index in [-0.39, 0.29) is 17.7 Å².